The molecule has 3 atom stereocenters. The molecule has 0 spiro atoms. The third-order valence-corrected chi connectivity index (χ3v) is 3.11. The van der Waals surface area contributed by atoms with Crippen LogP contribution in [0.4, 0.5) is 0 Å². The summed E-state index contributed by atoms with van der Waals surface area (Å²) in [5.74, 6) is 0.108. The Morgan fingerprint density at radius 2 is 1.94 bits per heavy atom. The lowest BCUT2D eigenvalue weighted by atomic mass is 9.97. The molecule has 0 saturated carbocycles. The van der Waals surface area contributed by atoms with Gasteiger partial charge in [-0.2, -0.15) is 0 Å². The predicted octanol–water partition coefficient (Wildman–Crippen LogP) is 3.16. The quantitative estimate of drug-likeness (QED) is 0.734. The van der Waals surface area contributed by atoms with Gasteiger partial charge in [-0.05, 0) is 18.9 Å². The van der Waals surface area contributed by atoms with Gasteiger partial charge in [0.05, 0.1) is 18.8 Å². The van der Waals surface area contributed by atoms with Crippen molar-refractivity contribution in [2.75, 3.05) is 0 Å². The highest BCUT2D eigenvalue weighted by Crippen LogP contribution is 2.16. The first-order chi connectivity index (χ1) is 8.15. The van der Waals surface area contributed by atoms with E-state index >= 15 is 0 Å². The Hall–Kier alpha value is -1.12. The molecule has 0 aliphatic heterocycles. The van der Waals surface area contributed by atoms with Crippen LogP contribution in [-0.4, -0.2) is 17.3 Å². The molecule has 17 heavy (non-hydrogen) atoms. The van der Waals surface area contributed by atoms with Crippen LogP contribution in [0, 0.1) is 5.92 Å². The summed E-state index contributed by atoms with van der Waals surface area (Å²) in [4.78, 5) is 0. The molecule has 94 valence electrons. The van der Waals surface area contributed by atoms with Crippen LogP contribution in [0.3, 0.4) is 0 Å². The summed E-state index contributed by atoms with van der Waals surface area (Å²) in [5.41, 5.74) is 1.16. The zero-order chi connectivity index (χ0) is 12.7. The van der Waals surface area contributed by atoms with Crippen LogP contribution < -0.4 is 0 Å². The smallest absolute Gasteiger partial charge is 0.0720 e. The predicted molar refractivity (Wildman–Crippen MR) is 70.7 cm³/mol. The SMILES string of the molecule is C=CC[C@@H](O)[C@H](C)[C@@H](C)OCc1ccccc1. The van der Waals surface area contributed by atoms with E-state index in [1.54, 1.807) is 6.08 Å². The topological polar surface area (TPSA) is 29.5 Å². The Morgan fingerprint density at radius 3 is 2.53 bits per heavy atom. The summed E-state index contributed by atoms with van der Waals surface area (Å²) in [6, 6.07) is 10.1. The Balaban J connectivity index is 2.38. The molecule has 0 heterocycles. The van der Waals surface area contributed by atoms with Crippen LogP contribution in [0.25, 0.3) is 0 Å². The molecular weight excluding hydrogens is 212 g/mol. The number of benzene rings is 1. The highest BCUT2D eigenvalue weighted by molar-refractivity contribution is 5.13. The molecule has 1 aromatic carbocycles. The number of hydrogen-bond acceptors (Lipinski definition) is 2. The highest BCUT2D eigenvalue weighted by atomic mass is 16.5. The van der Waals surface area contributed by atoms with Crippen molar-refractivity contribution in [1.29, 1.82) is 0 Å². The van der Waals surface area contributed by atoms with Crippen molar-refractivity contribution >= 4 is 0 Å². The third kappa shape index (κ3) is 4.72. The maximum absolute atomic E-state index is 9.83. The van der Waals surface area contributed by atoms with E-state index < -0.39 is 0 Å². The van der Waals surface area contributed by atoms with Crippen molar-refractivity contribution in [2.24, 2.45) is 5.92 Å². The molecule has 0 unspecified atom stereocenters. The van der Waals surface area contributed by atoms with E-state index in [1.165, 1.54) is 0 Å². The molecule has 0 bridgehead atoms. The van der Waals surface area contributed by atoms with E-state index in [1.807, 2.05) is 44.2 Å². The van der Waals surface area contributed by atoms with Crippen molar-refractivity contribution in [2.45, 2.75) is 39.1 Å². The van der Waals surface area contributed by atoms with Gasteiger partial charge in [-0.25, -0.2) is 0 Å². The van der Waals surface area contributed by atoms with E-state index in [4.69, 9.17) is 4.74 Å². The molecule has 1 rings (SSSR count). The summed E-state index contributed by atoms with van der Waals surface area (Å²) >= 11 is 0. The molecule has 0 aromatic heterocycles. The summed E-state index contributed by atoms with van der Waals surface area (Å²) < 4.78 is 5.76. The summed E-state index contributed by atoms with van der Waals surface area (Å²) in [7, 11) is 0. The van der Waals surface area contributed by atoms with Crippen LogP contribution in [-0.2, 0) is 11.3 Å². The maximum Gasteiger partial charge on any atom is 0.0720 e. The first-order valence-corrected chi connectivity index (χ1v) is 6.09. The highest BCUT2D eigenvalue weighted by Gasteiger charge is 2.20. The van der Waals surface area contributed by atoms with E-state index in [2.05, 4.69) is 6.58 Å². The van der Waals surface area contributed by atoms with E-state index in [0.717, 1.165) is 5.56 Å². The lowest BCUT2D eigenvalue weighted by molar-refractivity contribution is -0.0268. The molecule has 0 aliphatic rings. The van der Waals surface area contributed by atoms with Gasteiger partial charge in [-0.15, -0.1) is 6.58 Å². The average molecular weight is 234 g/mol. The second-order valence-electron chi connectivity index (χ2n) is 4.45. The molecule has 0 saturated heterocycles. The standard InChI is InChI=1S/C15H22O2/c1-4-8-15(16)12(2)13(3)17-11-14-9-6-5-7-10-14/h4-7,9-10,12-13,15-16H,1,8,11H2,2-3H3/t12-,13-,15-/m1/s1. The molecule has 2 nitrogen and oxygen atoms in total. The molecule has 1 aromatic rings. The van der Waals surface area contributed by atoms with Gasteiger partial charge >= 0.3 is 0 Å². The van der Waals surface area contributed by atoms with Crippen molar-refractivity contribution in [1.82, 2.24) is 0 Å². The van der Waals surface area contributed by atoms with Gasteiger partial charge < -0.3 is 9.84 Å². The van der Waals surface area contributed by atoms with Crippen LogP contribution in [0.1, 0.15) is 25.8 Å². The summed E-state index contributed by atoms with van der Waals surface area (Å²) in [5, 5.41) is 9.83. The summed E-state index contributed by atoms with van der Waals surface area (Å²) in [6.07, 6.45) is 2.01. The molecule has 0 radical (unpaired) electrons. The van der Waals surface area contributed by atoms with Crippen molar-refractivity contribution in [3.8, 4) is 0 Å². The average Bonchev–Trinajstić information content (AvgIpc) is 2.36. The van der Waals surface area contributed by atoms with Crippen LogP contribution in [0.5, 0.6) is 0 Å². The maximum atomic E-state index is 9.83. The van der Waals surface area contributed by atoms with Crippen molar-refractivity contribution < 1.29 is 9.84 Å². The number of ether oxygens (including phenoxy) is 1. The van der Waals surface area contributed by atoms with Gasteiger partial charge in [0.1, 0.15) is 0 Å². The number of rotatable bonds is 7. The fourth-order valence-corrected chi connectivity index (χ4v) is 1.65. The fraction of sp³-hybridized carbons (Fsp3) is 0.467. The molecule has 0 amide bonds. The van der Waals surface area contributed by atoms with Gasteiger partial charge in [0.25, 0.3) is 0 Å². The largest absolute Gasteiger partial charge is 0.392 e. The fourth-order valence-electron chi connectivity index (χ4n) is 1.65. The molecule has 2 heteroatoms. The Labute approximate surface area is 104 Å². The monoisotopic (exact) mass is 234 g/mol. The Kier molecular flexibility index (Phi) is 5.95. The zero-order valence-electron chi connectivity index (χ0n) is 10.7. The van der Waals surface area contributed by atoms with E-state index in [9.17, 15) is 5.11 Å². The van der Waals surface area contributed by atoms with Crippen LogP contribution >= 0.6 is 0 Å². The van der Waals surface area contributed by atoms with Gasteiger partial charge in [0.2, 0.25) is 0 Å². The molecule has 0 fully saturated rings. The van der Waals surface area contributed by atoms with Gasteiger partial charge in [0, 0.05) is 5.92 Å². The molecule has 1 N–H and O–H groups in total. The number of hydrogen-bond donors (Lipinski definition) is 1. The van der Waals surface area contributed by atoms with Crippen LogP contribution in [0.15, 0.2) is 43.0 Å². The minimum atomic E-state index is -0.377. The first kappa shape index (κ1) is 13.9. The lowest BCUT2D eigenvalue weighted by Gasteiger charge is -2.24. The zero-order valence-corrected chi connectivity index (χ0v) is 10.7. The summed E-state index contributed by atoms with van der Waals surface area (Å²) in [6.45, 7) is 8.23. The van der Waals surface area contributed by atoms with Gasteiger partial charge in [-0.3, -0.25) is 0 Å². The Bertz CT molecular complexity index is 321. The molecule has 0 aliphatic carbocycles. The first-order valence-electron chi connectivity index (χ1n) is 6.09. The van der Waals surface area contributed by atoms with E-state index in [-0.39, 0.29) is 18.1 Å². The number of aliphatic hydroxyl groups is 1. The third-order valence-electron chi connectivity index (χ3n) is 3.11. The van der Waals surface area contributed by atoms with E-state index in [0.29, 0.717) is 13.0 Å². The van der Waals surface area contributed by atoms with Crippen molar-refractivity contribution in [3.63, 3.8) is 0 Å². The minimum absolute atomic E-state index is 0.0326. The Morgan fingerprint density at radius 1 is 1.29 bits per heavy atom. The second kappa shape index (κ2) is 7.25. The van der Waals surface area contributed by atoms with Crippen LogP contribution in [0.2, 0.25) is 0 Å². The minimum Gasteiger partial charge on any atom is -0.392 e. The lowest BCUT2D eigenvalue weighted by Crippen LogP contribution is -2.29. The van der Waals surface area contributed by atoms with Crippen molar-refractivity contribution in [3.05, 3.63) is 48.6 Å². The van der Waals surface area contributed by atoms with Gasteiger partial charge in [0.15, 0.2) is 0 Å². The van der Waals surface area contributed by atoms with Gasteiger partial charge in [-0.1, -0.05) is 43.3 Å². The molecular formula is C15H22O2. The normalized spacial score (nSPS) is 16.2. The number of aliphatic hydroxyl groups excluding tert-OH is 1. The second-order valence-corrected chi connectivity index (χ2v) is 4.45.